The number of nitrogens with zero attached hydrogens (tertiary/aromatic N) is 1. The second-order valence-electron chi connectivity index (χ2n) is 7.18. The number of hydrogen-bond acceptors (Lipinski definition) is 2. The monoisotopic (exact) mass is 329 g/mol. The fourth-order valence-corrected chi connectivity index (χ4v) is 3.25. The fraction of sp³-hybridized carbons (Fsp3) is 0.217. The third-order valence-corrected chi connectivity index (χ3v) is 5.27. The third-order valence-electron chi connectivity index (χ3n) is 5.27. The molecule has 2 aliphatic rings. The van der Waals surface area contributed by atoms with Crippen LogP contribution in [0, 0.1) is 11.3 Å². The number of hydrogen-bond donors (Lipinski definition) is 0. The van der Waals surface area contributed by atoms with E-state index in [-0.39, 0.29) is 5.41 Å². The average molecular weight is 329 g/mol. The largest absolute Gasteiger partial charge is 0.453 e. The predicted octanol–water partition coefficient (Wildman–Crippen LogP) is 6.60. The van der Waals surface area contributed by atoms with E-state index in [1.54, 1.807) is 0 Å². The van der Waals surface area contributed by atoms with E-state index in [2.05, 4.69) is 80.3 Å². The van der Waals surface area contributed by atoms with Crippen molar-refractivity contribution in [2.24, 2.45) is 11.3 Å². The summed E-state index contributed by atoms with van der Waals surface area (Å²) in [4.78, 5) is 2.28. The van der Waals surface area contributed by atoms with Gasteiger partial charge in [-0.3, -0.25) is 0 Å². The first-order valence-corrected chi connectivity index (χ1v) is 8.83. The van der Waals surface area contributed by atoms with Gasteiger partial charge in [-0.15, -0.1) is 0 Å². The second kappa shape index (κ2) is 5.96. The van der Waals surface area contributed by atoms with Gasteiger partial charge in [0.15, 0.2) is 11.5 Å². The van der Waals surface area contributed by atoms with Crippen molar-refractivity contribution < 1.29 is 4.74 Å². The number of rotatable bonds is 2. The van der Waals surface area contributed by atoms with Crippen molar-refractivity contribution in [2.75, 3.05) is 4.90 Å². The summed E-state index contributed by atoms with van der Waals surface area (Å²) in [6, 6.07) is 16.4. The van der Waals surface area contributed by atoms with Gasteiger partial charge in [0.2, 0.25) is 0 Å². The summed E-state index contributed by atoms with van der Waals surface area (Å²) in [5, 5.41) is 0. The minimum atomic E-state index is 0.0591. The normalized spacial score (nSPS) is 21.3. The average Bonchev–Trinajstić information content (AvgIpc) is 2.82. The zero-order valence-corrected chi connectivity index (χ0v) is 14.9. The van der Waals surface area contributed by atoms with E-state index in [0.29, 0.717) is 5.92 Å². The Morgan fingerprint density at radius 1 is 0.880 bits per heavy atom. The molecule has 2 heteroatoms. The molecule has 2 aromatic carbocycles. The Balaban J connectivity index is 1.84. The van der Waals surface area contributed by atoms with E-state index < -0.39 is 0 Å². The van der Waals surface area contributed by atoms with Crippen molar-refractivity contribution in [1.82, 2.24) is 0 Å². The highest BCUT2D eigenvalue weighted by molar-refractivity contribution is 5.82. The summed E-state index contributed by atoms with van der Waals surface area (Å²) in [5.74, 6) is 2.31. The zero-order chi connectivity index (χ0) is 17.4. The Bertz CT molecular complexity index is 845. The lowest BCUT2D eigenvalue weighted by Crippen LogP contribution is -2.20. The van der Waals surface area contributed by atoms with Crippen LogP contribution >= 0.6 is 0 Å². The fourth-order valence-electron chi connectivity index (χ4n) is 3.25. The lowest BCUT2D eigenvalue weighted by molar-refractivity contribution is 0.383. The van der Waals surface area contributed by atoms with Gasteiger partial charge in [-0.2, -0.15) is 0 Å². The molecule has 1 aliphatic carbocycles. The van der Waals surface area contributed by atoms with Gasteiger partial charge in [0, 0.05) is 11.1 Å². The van der Waals surface area contributed by atoms with Crippen LogP contribution in [0.3, 0.4) is 0 Å². The van der Waals surface area contributed by atoms with E-state index >= 15 is 0 Å². The van der Waals surface area contributed by atoms with Crippen molar-refractivity contribution in [3.8, 4) is 11.5 Å². The molecule has 4 rings (SSSR count). The van der Waals surface area contributed by atoms with Crippen LogP contribution in [-0.4, -0.2) is 0 Å². The molecule has 2 aromatic rings. The van der Waals surface area contributed by atoms with Crippen LogP contribution < -0.4 is 9.64 Å². The molecule has 1 atom stereocenters. The number of anilines is 2. The molecule has 1 aliphatic heterocycles. The van der Waals surface area contributed by atoms with Crippen LogP contribution in [0.2, 0.25) is 0 Å². The summed E-state index contributed by atoms with van der Waals surface area (Å²) in [6.45, 7) is 6.81. The summed E-state index contributed by atoms with van der Waals surface area (Å²) in [6.07, 6.45) is 11.2. The van der Waals surface area contributed by atoms with Gasteiger partial charge in [-0.1, -0.05) is 63.3 Å². The number of para-hydroxylation sites is 4. The maximum atomic E-state index is 6.10. The molecule has 0 spiro atoms. The first-order valence-electron chi connectivity index (χ1n) is 8.83. The van der Waals surface area contributed by atoms with E-state index in [4.69, 9.17) is 4.74 Å². The molecule has 1 unspecified atom stereocenters. The molecule has 0 saturated carbocycles. The highest BCUT2D eigenvalue weighted by Crippen LogP contribution is 2.48. The van der Waals surface area contributed by atoms with Crippen LogP contribution in [0.15, 0.2) is 84.6 Å². The Morgan fingerprint density at radius 3 is 2.08 bits per heavy atom. The lowest BCUT2D eigenvalue weighted by Gasteiger charge is -2.33. The number of allylic oxidation sites excluding steroid dienone is 5. The minimum absolute atomic E-state index is 0.0591. The highest BCUT2D eigenvalue weighted by atomic mass is 16.5. The smallest absolute Gasteiger partial charge is 0.151 e. The molecule has 0 fully saturated rings. The standard InChI is InChI=1S/C23H23NO/c1-17(2)23(3)15-8-9-18(14-16-23)24-19-10-4-6-12-21(19)25-22-13-7-5-11-20(22)24/h4-17H,1-3H3. The highest BCUT2D eigenvalue weighted by Gasteiger charge is 2.28. The Labute approximate surface area is 149 Å². The molecule has 126 valence electrons. The summed E-state index contributed by atoms with van der Waals surface area (Å²) in [7, 11) is 0. The number of benzene rings is 2. The third kappa shape index (κ3) is 2.68. The Kier molecular flexibility index (Phi) is 3.76. The molecule has 0 bridgehead atoms. The van der Waals surface area contributed by atoms with Crippen molar-refractivity contribution in [3.63, 3.8) is 0 Å². The minimum Gasteiger partial charge on any atom is -0.453 e. The molecule has 0 radical (unpaired) electrons. The van der Waals surface area contributed by atoms with Gasteiger partial charge >= 0.3 is 0 Å². The molecule has 0 saturated heterocycles. The van der Waals surface area contributed by atoms with Gasteiger partial charge in [-0.25, -0.2) is 0 Å². The predicted molar refractivity (Wildman–Crippen MR) is 104 cm³/mol. The second-order valence-corrected chi connectivity index (χ2v) is 7.18. The number of ether oxygens (including phenoxy) is 1. The topological polar surface area (TPSA) is 12.5 Å². The lowest BCUT2D eigenvalue weighted by atomic mass is 9.79. The van der Waals surface area contributed by atoms with Crippen LogP contribution in [0.25, 0.3) is 0 Å². The van der Waals surface area contributed by atoms with Crippen LogP contribution in [0.5, 0.6) is 11.5 Å². The zero-order valence-electron chi connectivity index (χ0n) is 14.9. The maximum Gasteiger partial charge on any atom is 0.151 e. The van der Waals surface area contributed by atoms with Crippen LogP contribution in [-0.2, 0) is 0 Å². The van der Waals surface area contributed by atoms with Crippen LogP contribution in [0.1, 0.15) is 20.8 Å². The van der Waals surface area contributed by atoms with Gasteiger partial charge in [-0.05, 0) is 42.3 Å². The van der Waals surface area contributed by atoms with Gasteiger partial charge in [0.05, 0.1) is 11.4 Å². The van der Waals surface area contributed by atoms with Crippen molar-refractivity contribution in [2.45, 2.75) is 20.8 Å². The molecule has 0 aromatic heterocycles. The molecule has 0 N–H and O–H groups in total. The Hall–Kier alpha value is -2.74. The summed E-state index contributed by atoms with van der Waals surface area (Å²) < 4.78 is 6.10. The quantitative estimate of drug-likeness (QED) is 0.615. The molecule has 1 heterocycles. The van der Waals surface area contributed by atoms with E-state index in [1.165, 1.54) is 0 Å². The van der Waals surface area contributed by atoms with Crippen molar-refractivity contribution in [1.29, 1.82) is 0 Å². The van der Waals surface area contributed by atoms with Crippen molar-refractivity contribution >= 4 is 11.4 Å². The van der Waals surface area contributed by atoms with E-state index in [9.17, 15) is 0 Å². The molecular formula is C23H23NO. The first kappa shape index (κ1) is 15.8. The molecule has 2 nitrogen and oxygen atoms in total. The van der Waals surface area contributed by atoms with Crippen molar-refractivity contribution in [3.05, 3.63) is 84.6 Å². The van der Waals surface area contributed by atoms with E-state index in [0.717, 1.165) is 28.6 Å². The summed E-state index contributed by atoms with van der Waals surface area (Å²) >= 11 is 0. The number of fused-ring (bicyclic) bond motifs is 2. The SMILES string of the molecule is CC(C)C1(C)C=CC=C(N2c3ccccc3Oc3ccccc32)C=C1. The van der Waals surface area contributed by atoms with Gasteiger partial charge in [0.25, 0.3) is 0 Å². The first-order chi connectivity index (χ1) is 12.1. The molecule has 25 heavy (non-hydrogen) atoms. The molecular weight excluding hydrogens is 306 g/mol. The van der Waals surface area contributed by atoms with E-state index in [1.807, 2.05) is 24.3 Å². The van der Waals surface area contributed by atoms with Gasteiger partial charge in [0.1, 0.15) is 0 Å². The molecule has 0 amide bonds. The van der Waals surface area contributed by atoms with Crippen LogP contribution in [0.4, 0.5) is 11.4 Å². The summed E-state index contributed by atoms with van der Waals surface area (Å²) in [5.41, 5.74) is 3.34. The van der Waals surface area contributed by atoms with Gasteiger partial charge < -0.3 is 9.64 Å². The Morgan fingerprint density at radius 2 is 1.48 bits per heavy atom. The maximum absolute atomic E-state index is 6.10.